The van der Waals surface area contributed by atoms with E-state index in [4.69, 9.17) is 0 Å². The Balaban J connectivity index is 2.67. The van der Waals surface area contributed by atoms with Crippen molar-refractivity contribution >= 4 is 12.7 Å². The van der Waals surface area contributed by atoms with Gasteiger partial charge in [-0.3, -0.25) is 5.43 Å². The SMILES string of the molecule is CP(C)(C)=NNc1ccccc1. The van der Waals surface area contributed by atoms with E-state index < -0.39 is 7.05 Å². The van der Waals surface area contributed by atoms with Crippen molar-refractivity contribution in [1.82, 2.24) is 0 Å². The van der Waals surface area contributed by atoms with Gasteiger partial charge in [-0.1, -0.05) is 18.2 Å². The zero-order valence-corrected chi connectivity index (χ0v) is 8.68. The van der Waals surface area contributed by atoms with Crippen LogP contribution in [0.4, 0.5) is 5.69 Å². The number of para-hydroxylation sites is 1. The quantitative estimate of drug-likeness (QED) is 0.551. The standard InChI is InChI=1S/C9H15N2P/c1-12(2,3)11-10-9-7-5-4-6-8-9/h4-8,10H,1-3H3. The Morgan fingerprint density at radius 2 is 1.67 bits per heavy atom. The maximum atomic E-state index is 4.39. The second-order valence-electron chi connectivity index (χ2n) is 3.52. The molecule has 3 heteroatoms. The molecule has 0 aromatic heterocycles. The third-order valence-electron chi connectivity index (χ3n) is 1.25. The van der Waals surface area contributed by atoms with Gasteiger partial charge in [-0.25, -0.2) is 0 Å². The van der Waals surface area contributed by atoms with Crippen molar-refractivity contribution in [3.63, 3.8) is 0 Å². The zero-order valence-electron chi connectivity index (χ0n) is 7.78. The van der Waals surface area contributed by atoms with Crippen LogP contribution >= 0.6 is 7.05 Å². The summed E-state index contributed by atoms with van der Waals surface area (Å²) < 4.78 is 0. The van der Waals surface area contributed by atoms with Gasteiger partial charge in [0, 0.05) is 0 Å². The van der Waals surface area contributed by atoms with Crippen LogP contribution in [0.2, 0.25) is 0 Å². The van der Waals surface area contributed by atoms with Gasteiger partial charge in [-0.2, -0.15) is 4.85 Å². The number of benzene rings is 1. The maximum absolute atomic E-state index is 4.39. The predicted molar refractivity (Wildman–Crippen MR) is 57.2 cm³/mol. The van der Waals surface area contributed by atoms with Crippen LogP contribution in [0.15, 0.2) is 35.2 Å². The monoisotopic (exact) mass is 182 g/mol. The van der Waals surface area contributed by atoms with Gasteiger partial charge in [-0.15, -0.1) is 0 Å². The van der Waals surface area contributed by atoms with Crippen molar-refractivity contribution in [2.45, 2.75) is 0 Å². The molecule has 1 N–H and O–H groups in total. The summed E-state index contributed by atoms with van der Waals surface area (Å²) in [6, 6.07) is 10.0. The molecule has 0 heterocycles. The Kier molecular flexibility index (Phi) is 2.93. The Morgan fingerprint density at radius 3 is 2.17 bits per heavy atom. The van der Waals surface area contributed by atoms with Gasteiger partial charge in [0.25, 0.3) is 0 Å². The molecule has 0 aliphatic heterocycles. The highest BCUT2D eigenvalue weighted by Gasteiger charge is 1.93. The van der Waals surface area contributed by atoms with Gasteiger partial charge in [0.1, 0.15) is 0 Å². The van der Waals surface area contributed by atoms with Gasteiger partial charge in [0.05, 0.1) is 5.69 Å². The van der Waals surface area contributed by atoms with Crippen molar-refractivity contribution in [2.24, 2.45) is 4.85 Å². The molecule has 2 nitrogen and oxygen atoms in total. The number of rotatable bonds is 2. The second kappa shape index (κ2) is 3.77. The van der Waals surface area contributed by atoms with Crippen LogP contribution in [0, 0.1) is 0 Å². The largest absolute Gasteiger partial charge is 0.280 e. The minimum Gasteiger partial charge on any atom is -0.280 e. The van der Waals surface area contributed by atoms with Crippen LogP contribution in [-0.2, 0) is 0 Å². The van der Waals surface area contributed by atoms with Crippen molar-refractivity contribution in [3.8, 4) is 0 Å². The van der Waals surface area contributed by atoms with Crippen molar-refractivity contribution in [3.05, 3.63) is 30.3 Å². The molecule has 1 aromatic carbocycles. The lowest BCUT2D eigenvalue weighted by molar-refractivity contribution is 1.36. The second-order valence-corrected chi connectivity index (χ2v) is 7.60. The molecule has 0 spiro atoms. The summed E-state index contributed by atoms with van der Waals surface area (Å²) in [5, 5.41) is 0. The summed E-state index contributed by atoms with van der Waals surface area (Å²) in [6.45, 7) is 6.51. The topological polar surface area (TPSA) is 24.4 Å². The lowest BCUT2D eigenvalue weighted by Gasteiger charge is -2.06. The smallest absolute Gasteiger partial charge is 0.0560 e. The third kappa shape index (κ3) is 3.59. The van der Waals surface area contributed by atoms with Crippen LogP contribution in [0.5, 0.6) is 0 Å². The molecular formula is C9H15N2P. The van der Waals surface area contributed by atoms with Crippen LogP contribution < -0.4 is 5.43 Å². The van der Waals surface area contributed by atoms with E-state index in [9.17, 15) is 0 Å². The number of hydrogen-bond acceptors (Lipinski definition) is 1. The van der Waals surface area contributed by atoms with Gasteiger partial charge >= 0.3 is 0 Å². The van der Waals surface area contributed by atoms with E-state index in [2.05, 4.69) is 30.3 Å². The molecule has 0 aliphatic carbocycles. The van der Waals surface area contributed by atoms with Crippen LogP contribution in [0.1, 0.15) is 0 Å². The maximum Gasteiger partial charge on any atom is 0.0560 e. The molecule has 0 unspecified atom stereocenters. The molecule has 0 saturated heterocycles. The van der Waals surface area contributed by atoms with E-state index >= 15 is 0 Å². The average Bonchev–Trinajstić information content (AvgIpc) is 2.02. The molecule has 0 saturated carbocycles. The van der Waals surface area contributed by atoms with E-state index in [0.29, 0.717) is 0 Å². The fraction of sp³-hybridized carbons (Fsp3) is 0.333. The molecule has 0 bridgehead atoms. The van der Waals surface area contributed by atoms with E-state index in [1.807, 2.05) is 30.3 Å². The van der Waals surface area contributed by atoms with Crippen LogP contribution in [0.25, 0.3) is 0 Å². The minimum atomic E-state index is -1.07. The molecule has 0 atom stereocenters. The van der Waals surface area contributed by atoms with Gasteiger partial charge in [-0.05, 0) is 39.2 Å². The Labute approximate surface area is 74.0 Å². The van der Waals surface area contributed by atoms with Crippen molar-refractivity contribution in [2.75, 3.05) is 25.4 Å². The predicted octanol–water partition coefficient (Wildman–Crippen LogP) is 3.10. The highest BCUT2D eigenvalue weighted by atomic mass is 31.2. The first-order valence-corrected chi connectivity index (χ1v) is 7.01. The molecule has 0 amide bonds. The number of nitrogens with zero attached hydrogens (tertiary/aromatic N) is 1. The lowest BCUT2D eigenvalue weighted by Crippen LogP contribution is -1.87. The molecular weight excluding hydrogens is 167 g/mol. The summed E-state index contributed by atoms with van der Waals surface area (Å²) in [5.74, 6) is 0. The summed E-state index contributed by atoms with van der Waals surface area (Å²) in [6.07, 6.45) is 0. The number of nitrogens with one attached hydrogen (secondary N) is 1. The summed E-state index contributed by atoms with van der Waals surface area (Å²) >= 11 is 0. The summed E-state index contributed by atoms with van der Waals surface area (Å²) in [4.78, 5) is 4.39. The summed E-state index contributed by atoms with van der Waals surface area (Å²) in [7, 11) is -1.07. The van der Waals surface area contributed by atoms with Crippen LogP contribution in [-0.4, -0.2) is 20.0 Å². The fourth-order valence-corrected chi connectivity index (χ4v) is 1.14. The average molecular weight is 182 g/mol. The van der Waals surface area contributed by atoms with E-state index in [-0.39, 0.29) is 0 Å². The van der Waals surface area contributed by atoms with Gasteiger partial charge in [0.2, 0.25) is 0 Å². The van der Waals surface area contributed by atoms with E-state index in [1.54, 1.807) is 0 Å². The number of anilines is 1. The zero-order chi connectivity index (χ0) is 9.03. The first-order valence-electron chi connectivity index (χ1n) is 3.93. The Bertz CT molecular complexity index is 278. The normalized spacial score (nSPS) is 10.9. The molecule has 12 heavy (non-hydrogen) atoms. The molecule has 1 aromatic rings. The van der Waals surface area contributed by atoms with Gasteiger partial charge in [0.15, 0.2) is 0 Å². The highest BCUT2D eigenvalue weighted by Crippen LogP contribution is 2.35. The van der Waals surface area contributed by atoms with Crippen LogP contribution in [0.3, 0.4) is 0 Å². The minimum absolute atomic E-state index is 1.06. The molecule has 0 fully saturated rings. The summed E-state index contributed by atoms with van der Waals surface area (Å²) in [5.41, 5.74) is 4.12. The first kappa shape index (κ1) is 9.34. The Hall–Kier alpha value is -0.750. The van der Waals surface area contributed by atoms with E-state index in [0.717, 1.165) is 5.69 Å². The van der Waals surface area contributed by atoms with Crippen molar-refractivity contribution in [1.29, 1.82) is 0 Å². The fourth-order valence-electron chi connectivity index (χ4n) is 0.720. The Morgan fingerprint density at radius 1 is 1.08 bits per heavy atom. The molecule has 1 rings (SSSR count). The van der Waals surface area contributed by atoms with Crippen molar-refractivity contribution < 1.29 is 0 Å². The molecule has 66 valence electrons. The first-order chi connectivity index (χ1) is 5.58. The van der Waals surface area contributed by atoms with E-state index in [1.165, 1.54) is 0 Å². The number of hydrogen-bond donors (Lipinski definition) is 1. The van der Waals surface area contributed by atoms with Gasteiger partial charge < -0.3 is 0 Å². The molecule has 0 radical (unpaired) electrons. The molecule has 0 aliphatic rings. The highest BCUT2D eigenvalue weighted by molar-refractivity contribution is 7.64. The lowest BCUT2D eigenvalue weighted by atomic mass is 10.3. The third-order valence-corrected chi connectivity index (χ3v) is 1.95.